The number of ether oxygens (including phenoxy) is 4. The Bertz CT molecular complexity index is 675. The summed E-state index contributed by atoms with van der Waals surface area (Å²) in [6, 6.07) is -3.47. The van der Waals surface area contributed by atoms with Crippen molar-refractivity contribution in [2.24, 2.45) is 17.2 Å². The number of rotatable bonds is 6. The van der Waals surface area contributed by atoms with E-state index in [-0.39, 0.29) is 13.0 Å². The lowest BCUT2D eigenvalue weighted by atomic mass is 9.84. The Morgan fingerprint density at radius 1 is 0.941 bits per heavy atom. The molecular formula is C20H40N4O10. The lowest BCUT2D eigenvalue weighted by Crippen LogP contribution is -2.69. The third-order valence-corrected chi connectivity index (χ3v) is 6.95. The molecule has 200 valence electrons. The van der Waals surface area contributed by atoms with Crippen LogP contribution in [0.1, 0.15) is 20.3 Å². The van der Waals surface area contributed by atoms with E-state index in [1.54, 1.807) is 7.05 Å². The zero-order valence-corrected chi connectivity index (χ0v) is 19.5. The van der Waals surface area contributed by atoms with Gasteiger partial charge in [-0.1, -0.05) is 0 Å². The molecule has 0 aromatic heterocycles. The van der Waals surface area contributed by atoms with Crippen molar-refractivity contribution in [1.29, 1.82) is 0 Å². The maximum Gasteiger partial charge on any atom is 0.185 e. The van der Waals surface area contributed by atoms with E-state index in [1.807, 2.05) is 0 Å². The fraction of sp³-hybridized carbons (Fsp3) is 1.00. The van der Waals surface area contributed by atoms with Crippen molar-refractivity contribution < 1.29 is 49.6 Å². The highest BCUT2D eigenvalue weighted by Gasteiger charge is 2.52. The Kier molecular flexibility index (Phi) is 8.92. The van der Waals surface area contributed by atoms with Crippen molar-refractivity contribution in [3.05, 3.63) is 0 Å². The summed E-state index contributed by atoms with van der Waals surface area (Å²) in [7, 11) is 1.58. The first-order valence-corrected chi connectivity index (χ1v) is 11.4. The second-order valence-corrected chi connectivity index (χ2v) is 9.82. The monoisotopic (exact) mass is 496 g/mol. The van der Waals surface area contributed by atoms with Crippen LogP contribution in [0.4, 0.5) is 0 Å². The van der Waals surface area contributed by atoms with Gasteiger partial charge in [0.25, 0.3) is 0 Å². The van der Waals surface area contributed by atoms with E-state index in [9.17, 15) is 30.6 Å². The Labute approximate surface area is 197 Å². The largest absolute Gasteiger partial charge is 0.391 e. The maximum absolute atomic E-state index is 11.1. The smallest absolute Gasteiger partial charge is 0.185 e. The van der Waals surface area contributed by atoms with Crippen molar-refractivity contribution in [2.45, 2.75) is 111 Å². The number of aliphatic hydroxyl groups is 6. The van der Waals surface area contributed by atoms with Crippen LogP contribution in [0, 0.1) is 0 Å². The average molecular weight is 497 g/mol. The van der Waals surface area contributed by atoms with Gasteiger partial charge < -0.3 is 72.1 Å². The Morgan fingerprint density at radius 2 is 1.50 bits per heavy atom. The predicted molar refractivity (Wildman–Crippen MR) is 116 cm³/mol. The van der Waals surface area contributed by atoms with E-state index in [2.05, 4.69) is 5.32 Å². The summed E-state index contributed by atoms with van der Waals surface area (Å²) in [4.78, 5) is 0. The van der Waals surface area contributed by atoms with Crippen LogP contribution in [0.5, 0.6) is 0 Å². The summed E-state index contributed by atoms with van der Waals surface area (Å²) in [5.41, 5.74) is 17.0. The van der Waals surface area contributed by atoms with Gasteiger partial charge >= 0.3 is 0 Å². The van der Waals surface area contributed by atoms with Crippen LogP contribution in [0.25, 0.3) is 0 Å². The SMILES string of the molecule is CNC1[C@@H](O)C(O[C@H]2C(O)[C@H](O[C@H]3OC(C(C)O)[C@@H](O)[C@H](O)C3N)C(N)C[C@H]2N)OC[C@]1(C)O. The fourth-order valence-electron chi connectivity index (χ4n) is 4.95. The minimum atomic E-state index is -1.46. The minimum absolute atomic E-state index is 0.135. The molecule has 1 saturated carbocycles. The summed E-state index contributed by atoms with van der Waals surface area (Å²) in [6.45, 7) is 2.75. The highest BCUT2D eigenvalue weighted by molar-refractivity contribution is 5.02. The van der Waals surface area contributed by atoms with Crippen molar-refractivity contribution in [2.75, 3.05) is 13.7 Å². The van der Waals surface area contributed by atoms with E-state index in [4.69, 9.17) is 36.1 Å². The third-order valence-electron chi connectivity index (χ3n) is 6.95. The van der Waals surface area contributed by atoms with Crippen LogP contribution < -0.4 is 22.5 Å². The molecular weight excluding hydrogens is 456 g/mol. The molecule has 14 heteroatoms. The molecule has 0 spiro atoms. The Morgan fingerprint density at radius 3 is 2.03 bits per heavy atom. The Balaban J connectivity index is 1.73. The summed E-state index contributed by atoms with van der Waals surface area (Å²) < 4.78 is 22.8. The van der Waals surface area contributed by atoms with E-state index in [1.165, 1.54) is 13.8 Å². The Hall–Kier alpha value is -0.560. The maximum atomic E-state index is 11.1. The van der Waals surface area contributed by atoms with Crippen molar-refractivity contribution in [3.8, 4) is 0 Å². The van der Waals surface area contributed by atoms with Crippen molar-refractivity contribution in [3.63, 3.8) is 0 Å². The van der Waals surface area contributed by atoms with Crippen LogP contribution >= 0.6 is 0 Å². The highest BCUT2D eigenvalue weighted by atomic mass is 16.7. The van der Waals surface area contributed by atoms with Crippen LogP contribution in [0.15, 0.2) is 0 Å². The van der Waals surface area contributed by atoms with Crippen LogP contribution in [-0.4, -0.2) is 135 Å². The first-order chi connectivity index (χ1) is 15.8. The van der Waals surface area contributed by atoms with Gasteiger partial charge in [0.15, 0.2) is 12.6 Å². The summed E-state index contributed by atoms with van der Waals surface area (Å²) in [5.74, 6) is 0. The number of aliphatic hydroxyl groups excluding tert-OH is 5. The first-order valence-electron chi connectivity index (χ1n) is 11.4. The molecule has 14 nitrogen and oxygen atoms in total. The molecule has 2 saturated heterocycles. The van der Waals surface area contributed by atoms with Gasteiger partial charge in [-0.15, -0.1) is 0 Å². The number of hydrogen-bond donors (Lipinski definition) is 10. The molecule has 0 aromatic rings. The first kappa shape index (κ1) is 28.0. The van der Waals surface area contributed by atoms with Crippen LogP contribution in [0.3, 0.4) is 0 Å². The summed E-state index contributed by atoms with van der Waals surface area (Å²) in [6.07, 6.45) is -12.4. The molecule has 2 heterocycles. The van der Waals surface area contributed by atoms with E-state index < -0.39 is 91.2 Å². The minimum Gasteiger partial charge on any atom is -0.391 e. The molecule has 13 N–H and O–H groups in total. The number of nitrogens with one attached hydrogen (secondary N) is 1. The zero-order valence-electron chi connectivity index (χ0n) is 19.5. The number of nitrogens with two attached hydrogens (primary N) is 3. The summed E-state index contributed by atoms with van der Waals surface area (Å²) in [5, 5.41) is 65.2. The van der Waals surface area contributed by atoms with Gasteiger partial charge in [0.1, 0.15) is 48.3 Å². The topological polar surface area (TPSA) is 248 Å². The second kappa shape index (κ2) is 10.8. The van der Waals surface area contributed by atoms with Gasteiger partial charge in [0.2, 0.25) is 0 Å². The molecule has 15 atom stereocenters. The van der Waals surface area contributed by atoms with Gasteiger partial charge in [-0.05, 0) is 27.3 Å². The predicted octanol–water partition coefficient (Wildman–Crippen LogP) is -5.61. The second-order valence-electron chi connectivity index (χ2n) is 9.82. The molecule has 3 rings (SSSR count). The molecule has 1 aliphatic carbocycles. The molecule has 0 aromatic carbocycles. The molecule has 3 aliphatic rings. The molecule has 0 radical (unpaired) electrons. The third kappa shape index (κ3) is 5.40. The van der Waals surface area contributed by atoms with Gasteiger partial charge in [-0.3, -0.25) is 0 Å². The molecule has 2 aliphatic heterocycles. The quantitative estimate of drug-likeness (QED) is 0.165. The van der Waals surface area contributed by atoms with E-state index in [0.717, 1.165) is 0 Å². The number of hydrogen-bond acceptors (Lipinski definition) is 14. The van der Waals surface area contributed by atoms with Crippen LogP contribution in [-0.2, 0) is 18.9 Å². The average Bonchev–Trinajstić information content (AvgIpc) is 2.75. The van der Waals surface area contributed by atoms with Crippen LogP contribution in [0.2, 0.25) is 0 Å². The highest BCUT2D eigenvalue weighted by Crippen LogP contribution is 2.32. The van der Waals surface area contributed by atoms with Gasteiger partial charge in [0.05, 0.1) is 24.8 Å². The lowest BCUT2D eigenvalue weighted by Gasteiger charge is -2.49. The van der Waals surface area contributed by atoms with Gasteiger partial charge in [0, 0.05) is 12.1 Å². The normalized spacial score (nSPS) is 53.5. The standard InChI is InChI=1S/C20H40N4O10/c1-6(25)14-11(27)10(26)9(23)18(32-14)33-15-7(21)4-8(22)16(12(15)28)34-19-13(29)17(24-3)20(2,30)5-31-19/h6-19,24-30H,4-5,21-23H2,1-3H3/t6?,7?,8-,9?,10-,11+,12?,13-,14?,15-,16-,17?,18-,19?,20+/m1/s1. The molecule has 3 fully saturated rings. The van der Waals surface area contributed by atoms with E-state index in [0.29, 0.717) is 0 Å². The lowest BCUT2D eigenvalue weighted by molar-refractivity contribution is -0.319. The summed E-state index contributed by atoms with van der Waals surface area (Å²) >= 11 is 0. The fourth-order valence-corrected chi connectivity index (χ4v) is 4.95. The molecule has 34 heavy (non-hydrogen) atoms. The number of likely N-dealkylation sites (N-methyl/N-ethyl adjacent to an activating group) is 1. The zero-order chi connectivity index (χ0) is 25.5. The van der Waals surface area contributed by atoms with Crippen molar-refractivity contribution in [1.82, 2.24) is 5.32 Å². The molecule has 0 amide bonds. The van der Waals surface area contributed by atoms with E-state index >= 15 is 0 Å². The van der Waals surface area contributed by atoms with Gasteiger partial charge in [-0.2, -0.15) is 0 Å². The van der Waals surface area contributed by atoms with Gasteiger partial charge in [-0.25, -0.2) is 0 Å². The molecule has 0 bridgehead atoms. The van der Waals surface area contributed by atoms with Crippen molar-refractivity contribution >= 4 is 0 Å². The molecule has 7 unspecified atom stereocenters.